The van der Waals surface area contributed by atoms with Crippen molar-refractivity contribution in [3.63, 3.8) is 0 Å². The number of unbranched alkanes of at least 4 members (excludes halogenated alkanes) is 3. The van der Waals surface area contributed by atoms with Crippen molar-refractivity contribution < 1.29 is 9.84 Å². The number of hydrogen-bond donors (Lipinski definition) is 2. The number of aliphatic hydroxyl groups excluding tert-OH is 1. The molecule has 0 saturated carbocycles. The number of nitrogens with one attached hydrogen (secondary N) is 1. The molecule has 4 heteroatoms. The van der Waals surface area contributed by atoms with Crippen molar-refractivity contribution in [1.82, 2.24) is 4.98 Å². The molecule has 0 aromatic carbocycles. The van der Waals surface area contributed by atoms with Crippen LogP contribution in [0.25, 0.3) is 0 Å². The molecule has 0 amide bonds. The molecule has 2 rings (SSSR count). The van der Waals surface area contributed by atoms with Gasteiger partial charge in [0.2, 0.25) is 6.29 Å². The molecule has 1 aromatic rings. The Morgan fingerprint density at radius 1 is 1.18 bits per heavy atom. The Hall–Kier alpha value is -1.29. The van der Waals surface area contributed by atoms with Crippen LogP contribution in [0.4, 0.5) is 0 Å². The van der Waals surface area contributed by atoms with Crippen LogP contribution in [-0.4, -0.2) is 16.4 Å². The average molecular weight is 307 g/mol. The Morgan fingerprint density at radius 3 is 2.59 bits per heavy atom. The van der Waals surface area contributed by atoms with E-state index >= 15 is 0 Å². The Morgan fingerprint density at radius 2 is 1.91 bits per heavy atom. The fraction of sp³-hybridized carbons (Fsp3) is 0.722. The Labute approximate surface area is 132 Å². The highest BCUT2D eigenvalue weighted by atomic mass is 16.6. The van der Waals surface area contributed by atoms with Crippen LogP contribution in [0.2, 0.25) is 0 Å². The first kappa shape index (κ1) is 17.1. The number of aryl methyl sites for hydroxylation is 1. The predicted molar refractivity (Wildman–Crippen MR) is 88.3 cm³/mol. The van der Waals surface area contributed by atoms with E-state index in [0.717, 1.165) is 56.2 Å². The largest absolute Gasteiger partial charge is 0.464 e. The van der Waals surface area contributed by atoms with Crippen molar-refractivity contribution in [2.45, 2.75) is 77.9 Å². The van der Waals surface area contributed by atoms with Gasteiger partial charge in [-0.2, -0.15) is 0 Å². The molecule has 22 heavy (non-hydrogen) atoms. The molecule has 0 aliphatic carbocycles. The predicted octanol–water partition coefficient (Wildman–Crippen LogP) is 3.86. The Balaban J connectivity index is 2.34. The summed E-state index contributed by atoms with van der Waals surface area (Å²) in [4.78, 5) is 15.3. The van der Waals surface area contributed by atoms with Gasteiger partial charge >= 0.3 is 0 Å². The molecule has 1 aromatic heterocycles. The van der Waals surface area contributed by atoms with Gasteiger partial charge in [0, 0.05) is 17.5 Å². The van der Waals surface area contributed by atoms with E-state index in [4.69, 9.17) is 4.74 Å². The van der Waals surface area contributed by atoms with E-state index in [1.807, 2.05) is 13.0 Å². The topological polar surface area (TPSA) is 62.3 Å². The zero-order valence-corrected chi connectivity index (χ0v) is 14.0. The lowest BCUT2D eigenvalue weighted by atomic mass is 9.77. The van der Waals surface area contributed by atoms with Gasteiger partial charge in [0.15, 0.2) is 0 Å². The minimum absolute atomic E-state index is 0.0214. The highest BCUT2D eigenvalue weighted by molar-refractivity contribution is 5.38. The lowest BCUT2D eigenvalue weighted by Gasteiger charge is -2.37. The summed E-state index contributed by atoms with van der Waals surface area (Å²) in [5.74, 6) is 0.692. The minimum Gasteiger partial charge on any atom is -0.464 e. The third kappa shape index (κ3) is 3.72. The molecule has 4 nitrogen and oxygen atoms in total. The molecule has 0 radical (unpaired) electrons. The molecule has 124 valence electrons. The van der Waals surface area contributed by atoms with Gasteiger partial charge in [0.05, 0.1) is 5.56 Å². The van der Waals surface area contributed by atoms with Gasteiger partial charge in [0.25, 0.3) is 5.56 Å². The number of H-pyrrole nitrogens is 1. The van der Waals surface area contributed by atoms with E-state index in [0.29, 0.717) is 5.75 Å². The quantitative estimate of drug-likeness (QED) is 0.752. The van der Waals surface area contributed by atoms with E-state index in [1.54, 1.807) is 0 Å². The standard InChI is InChI=1S/C18H29NO3/c1-4-6-8-10-13-14(9-7-5-2)18(21)22-15-11-12(3)19-17(20)16(13)15/h11,13-14,18,21H,4-10H2,1-3H3,(H,19,20)/t13-,14+,18-/m0/s1. The van der Waals surface area contributed by atoms with Crippen LogP contribution in [0.5, 0.6) is 5.75 Å². The summed E-state index contributed by atoms with van der Waals surface area (Å²) in [6.07, 6.45) is 6.59. The van der Waals surface area contributed by atoms with E-state index < -0.39 is 6.29 Å². The first-order chi connectivity index (χ1) is 10.6. The van der Waals surface area contributed by atoms with Crippen LogP contribution in [0.15, 0.2) is 10.9 Å². The highest BCUT2D eigenvalue weighted by Crippen LogP contribution is 2.42. The third-order valence-corrected chi connectivity index (χ3v) is 4.68. The summed E-state index contributed by atoms with van der Waals surface area (Å²) in [5.41, 5.74) is 1.47. The smallest absolute Gasteiger partial charge is 0.255 e. The number of aromatic amines is 1. The molecule has 2 heterocycles. The van der Waals surface area contributed by atoms with Crippen LogP contribution < -0.4 is 10.3 Å². The number of aromatic nitrogens is 1. The number of aliphatic hydroxyl groups is 1. The third-order valence-electron chi connectivity index (χ3n) is 4.68. The molecule has 0 bridgehead atoms. The maximum absolute atomic E-state index is 12.4. The maximum atomic E-state index is 12.4. The minimum atomic E-state index is -0.799. The molecule has 0 saturated heterocycles. The molecule has 0 spiro atoms. The average Bonchev–Trinajstić information content (AvgIpc) is 2.45. The maximum Gasteiger partial charge on any atom is 0.255 e. The molecular formula is C18H29NO3. The van der Waals surface area contributed by atoms with Crippen molar-refractivity contribution in [2.75, 3.05) is 0 Å². The van der Waals surface area contributed by atoms with Crippen LogP contribution in [-0.2, 0) is 0 Å². The number of hydrogen-bond acceptors (Lipinski definition) is 3. The zero-order chi connectivity index (χ0) is 16.1. The second kappa shape index (κ2) is 7.82. The Bertz CT molecular complexity index is 538. The van der Waals surface area contributed by atoms with Crippen LogP contribution in [0.1, 0.15) is 76.0 Å². The summed E-state index contributed by atoms with van der Waals surface area (Å²) < 4.78 is 5.68. The number of pyridine rings is 1. The SMILES string of the molecule is CCCCC[C@@H]1c2c(cc(C)[nH]c2=O)O[C@H](O)[C@@H]1CCCC. The van der Waals surface area contributed by atoms with E-state index in [2.05, 4.69) is 18.8 Å². The van der Waals surface area contributed by atoms with Crippen molar-refractivity contribution in [1.29, 1.82) is 0 Å². The monoisotopic (exact) mass is 307 g/mol. The first-order valence-electron chi connectivity index (χ1n) is 8.67. The first-order valence-corrected chi connectivity index (χ1v) is 8.67. The second-order valence-electron chi connectivity index (χ2n) is 6.48. The summed E-state index contributed by atoms with van der Waals surface area (Å²) >= 11 is 0. The summed E-state index contributed by atoms with van der Waals surface area (Å²) in [6.45, 7) is 6.16. The number of fused-ring (bicyclic) bond motifs is 1. The molecule has 1 aliphatic heterocycles. The van der Waals surface area contributed by atoms with Crippen LogP contribution in [0, 0.1) is 12.8 Å². The lowest BCUT2D eigenvalue weighted by Crippen LogP contribution is -2.39. The highest BCUT2D eigenvalue weighted by Gasteiger charge is 2.38. The van der Waals surface area contributed by atoms with Crippen molar-refractivity contribution in [3.05, 3.63) is 27.7 Å². The molecule has 1 aliphatic rings. The van der Waals surface area contributed by atoms with E-state index in [-0.39, 0.29) is 17.4 Å². The zero-order valence-electron chi connectivity index (χ0n) is 14.0. The van der Waals surface area contributed by atoms with E-state index in [9.17, 15) is 9.90 Å². The van der Waals surface area contributed by atoms with Gasteiger partial charge in [-0.3, -0.25) is 4.79 Å². The lowest BCUT2D eigenvalue weighted by molar-refractivity contribution is -0.0874. The molecule has 0 unspecified atom stereocenters. The Kier molecular flexibility index (Phi) is 6.07. The van der Waals surface area contributed by atoms with Gasteiger partial charge in [0.1, 0.15) is 5.75 Å². The summed E-state index contributed by atoms with van der Waals surface area (Å²) in [7, 11) is 0. The fourth-order valence-electron chi connectivity index (χ4n) is 3.50. The number of ether oxygens (including phenoxy) is 1. The molecular weight excluding hydrogens is 278 g/mol. The van der Waals surface area contributed by atoms with Gasteiger partial charge in [-0.05, 0) is 25.8 Å². The van der Waals surface area contributed by atoms with Crippen molar-refractivity contribution in [3.8, 4) is 5.75 Å². The molecule has 2 N–H and O–H groups in total. The summed E-state index contributed by atoms with van der Waals surface area (Å²) in [5, 5.41) is 10.4. The van der Waals surface area contributed by atoms with Crippen LogP contribution in [0.3, 0.4) is 0 Å². The van der Waals surface area contributed by atoms with Gasteiger partial charge < -0.3 is 14.8 Å². The second-order valence-corrected chi connectivity index (χ2v) is 6.48. The molecule has 3 atom stereocenters. The van der Waals surface area contributed by atoms with Crippen molar-refractivity contribution >= 4 is 0 Å². The van der Waals surface area contributed by atoms with Gasteiger partial charge in [-0.1, -0.05) is 46.0 Å². The van der Waals surface area contributed by atoms with E-state index in [1.165, 1.54) is 0 Å². The number of rotatable bonds is 7. The van der Waals surface area contributed by atoms with Crippen molar-refractivity contribution in [2.24, 2.45) is 5.92 Å². The van der Waals surface area contributed by atoms with Gasteiger partial charge in [-0.15, -0.1) is 0 Å². The fourth-order valence-corrected chi connectivity index (χ4v) is 3.50. The van der Waals surface area contributed by atoms with Crippen LogP contribution >= 0.6 is 0 Å². The normalized spacial score (nSPS) is 23.9. The van der Waals surface area contributed by atoms with Gasteiger partial charge in [-0.25, -0.2) is 0 Å². The summed E-state index contributed by atoms with van der Waals surface area (Å²) in [6, 6.07) is 1.84. The molecule has 0 fully saturated rings.